The highest BCUT2D eigenvalue weighted by Gasteiger charge is 2.25. The Morgan fingerprint density at radius 3 is 2.25 bits per heavy atom. The number of aryl methyl sites for hydroxylation is 3. The van der Waals surface area contributed by atoms with Crippen LogP contribution >= 0.6 is 27.3 Å². The number of hydrogen-bond acceptors (Lipinski definition) is 3. The van der Waals surface area contributed by atoms with Gasteiger partial charge in [0, 0.05) is 7.05 Å². The van der Waals surface area contributed by atoms with E-state index in [1.165, 1.54) is 15.6 Å². The van der Waals surface area contributed by atoms with Crippen LogP contribution in [0.15, 0.2) is 32.3 Å². The number of nitrogens with zero attached hydrogens (tertiary/aromatic N) is 1. The van der Waals surface area contributed by atoms with Crippen LogP contribution in [0.2, 0.25) is 0 Å². The average Bonchev–Trinajstić information content (AvgIpc) is 2.69. The molecule has 0 bridgehead atoms. The van der Waals surface area contributed by atoms with E-state index in [2.05, 4.69) is 15.9 Å². The van der Waals surface area contributed by atoms with Crippen LogP contribution in [0, 0.1) is 20.8 Å². The summed E-state index contributed by atoms with van der Waals surface area (Å²) in [5.74, 6) is 0. The summed E-state index contributed by atoms with van der Waals surface area (Å²) >= 11 is 4.61. The molecular weight excluding hydrogens is 358 g/mol. The minimum atomic E-state index is -3.51. The van der Waals surface area contributed by atoms with Crippen molar-refractivity contribution in [3.8, 4) is 0 Å². The third-order valence-corrected chi connectivity index (χ3v) is 7.50. The fraction of sp³-hybridized carbons (Fsp3) is 0.286. The predicted molar refractivity (Wildman–Crippen MR) is 88.3 cm³/mol. The number of rotatable bonds is 3. The van der Waals surface area contributed by atoms with Crippen LogP contribution in [0.25, 0.3) is 0 Å². The van der Waals surface area contributed by atoms with Gasteiger partial charge in [0.15, 0.2) is 0 Å². The van der Waals surface area contributed by atoms with Gasteiger partial charge >= 0.3 is 0 Å². The molecule has 108 valence electrons. The molecule has 0 atom stereocenters. The van der Waals surface area contributed by atoms with Crippen LogP contribution in [-0.2, 0) is 10.0 Å². The highest BCUT2D eigenvalue weighted by molar-refractivity contribution is 9.11. The van der Waals surface area contributed by atoms with Crippen molar-refractivity contribution in [3.05, 3.63) is 44.7 Å². The Morgan fingerprint density at radius 1 is 1.10 bits per heavy atom. The summed E-state index contributed by atoms with van der Waals surface area (Å²) in [6.07, 6.45) is 0. The Kier molecular flexibility index (Phi) is 4.27. The third kappa shape index (κ3) is 2.77. The number of halogens is 1. The van der Waals surface area contributed by atoms with Crippen molar-refractivity contribution < 1.29 is 8.42 Å². The van der Waals surface area contributed by atoms with Gasteiger partial charge in [-0.25, -0.2) is 8.42 Å². The second-order valence-electron chi connectivity index (χ2n) is 4.78. The molecule has 1 heterocycles. The SMILES string of the molecule is Cc1ccc(N(C)S(=O)(=O)c2cc(C)c(Br)s2)c(C)c1. The lowest BCUT2D eigenvalue weighted by Crippen LogP contribution is -2.26. The van der Waals surface area contributed by atoms with Crippen molar-refractivity contribution in [1.82, 2.24) is 0 Å². The first-order valence-corrected chi connectivity index (χ1v) is 9.10. The molecule has 0 N–H and O–H groups in total. The van der Waals surface area contributed by atoms with Gasteiger partial charge in [-0.05, 0) is 60.0 Å². The van der Waals surface area contributed by atoms with Crippen molar-refractivity contribution in [1.29, 1.82) is 0 Å². The summed E-state index contributed by atoms with van der Waals surface area (Å²) in [6, 6.07) is 7.45. The smallest absolute Gasteiger partial charge is 0.268 e. The van der Waals surface area contributed by atoms with Gasteiger partial charge in [-0.1, -0.05) is 17.7 Å². The van der Waals surface area contributed by atoms with Crippen molar-refractivity contribution >= 4 is 43.0 Å². The molecule has 0 amide bonds. The van der Waals surface area contributed by atoms with E-state index in [-0.39, 0.29) is 0 Å². The van der Waals surface area contributed by atoms with E-state index in [1.54, 1.807) is 13.1 Å². The zero-order chi connectivity index (χ0) is 15.1. The third-order valence-electron chi connectivity index (χ3n) is 3.14. The Morgan fingerprint density at radius 2 is 1.75 bits per heavy atom. The quantitative estimate of drug-likeness (QED) is 0.805. The second-order valence-corrected chi connectivity index (χ2v) is 9.35. The van der Waals surface area contributed by atoms with Gasteiger partial charge in [-0.3, -0.25) is 4.31 Å². The zero-order valence-corrected chi connectivity index (χ0v) is 15.0. The first-order valence-electron chi connectivity index (χ1n) is 6.05. The van der Waals surface area contributed by atoms with Gasteiger partial charge in [0.2, 0.25) is 0 Å². The second kappa shape index (κ2) is 5.50. The number of anilines is 1. The lowest BCUT2D eigenvalue weighted by atomic mass is 10.1. The summed E-state index contributed by atoms with van der Waals surface area (Å²) in [4.78, 5) is 0. The van der Waals surface area contributed by atoms with Crippen LogP contribution in [-0.4, -0.2) is 15.5 Å². The maximum atomic E-state index is 12.7. The van der Waals surface area contributed by atoms with E-state index in [0.717, 1.165) is 20.5 Å². The molecule has 0 unspecified atom stereocenters. The van der Waals surface area contributed by atoms with Crippen LogP contribution < -0.4 is 4.31 Å². The largest absolute Gasteiger partial charge is 0.273 e. The summed E-state index contributed by atoms with van der Waals surface area (Å²) in [7, 11) is -1.91. The van der Waals surface area contributed by atoms with Gasteiger partial charge in [0.25, 0.3) is 10.0 Å². The van der Waals surface area contributed by atoms with Crippen LogP contribution in [0.1, 0.15) is 16.7 Å². The average molecular weight is 374 g/mol. The molecule has 1 aromatic heterocycles. The van der Waals surface area contributed by atoms with Crippen LogP contribution in [0.4, 0.5) is 5.69 Å². The lowest BCUT2D eigenvalue weighted by Gasteiger charge is -2.20. The Balaban J connectivity index is 2.48. The van der Waals surface area contributed by atoms with Crippen molar-refractivity contribution in [2.75, 3.05) is 11.4 Å². The lowest BCUT2D eigenvalue weighted by molar-refractivity contribution is 0.596. The molecule has 0 aliphatic carbocycles. The number of sulfonamides is 1. The van der Waals surface area contributed by atoms with Gasteiger partial charge < -0.3 is 0 Å². The van der Waals surface area contributed by atoms with E-state index in [9.17, 15) is 8.42 Å². The first kappa shape index (κ1) is 15.5. The minimum Gasteiger partial charge on any atom is -0.268 e. The van der Waals surface area contributed by atoms with Crippen LogP contribution in [0.5, 0.6) is 0 Å². The molecule has 1 aromatic carbocycles. The molecule has 0 saturated heterocycles. The number of benzene rings is 1. The molecule has 0 aliphatic heterocycles. The first-order chi connectivity index (χ1) is 9.23. The molecule has 2 aromatic rings. The normalized spacial score (nSPS) is 11.7. The van der Waals surface area contributed by atoms with E-state index < -0.39 is 10.0 Å². The molecule has 0 saturated carbocycles. The van der Waals surface area contributed by atoms with Gasteiger partial charge in [0.1, 0.15) is 4.21 Å². The standard InChI is InChI=1S/C14H16BrNO2S2/c1-9-5-6-12(10(2)7-9)16(4)20(17,18)13-8-11(3)14(15)19-13/h5-8H,1-4H3. The van der Waals surface area contributed by atoms with Crippen molar-refractivity contribution in [2.45, 2.75) is 25.0 Å². The monoisotopic (exact) mass is 373 g/mol. The van der Waals surface area contributed by atoms with Gasteiger partial charge in [-0.2, -0.15) is 0 Å². The Labute approximate surface area is 132 Å². The molecular formula is C14H16BrNO2S2. The summed E-state index contributed by atoms with van der Waals surface area (Å²) < 4.78 is 27.9. The van der Waals surface area contributed by atoms with E-state index >= 15 is 0 Å². The topological polar surface area (TPSA) is 37.4 Å². The van der Waals surface area contributed by atoms with Crippen LogP contribution in [0.3, 0.4) is 0 Å². The maximum Gasteiger partial charge on any atom is 0.273 e. The molecule has 0 spiro atoms. The minimum absolute atomic E-state index is 0.351. The van der Waals surface area contributed by atoms with Gasteiger partial charge in [0.05, 0.1) is 9.47 Å². The molecule has 2 rings (SSSR count). The summed E-state index contributed by atoms with van der Waals surface area (Å²) in [5.41, 5.74) is 3.70. The highest BCUT2D eigenvalue weighted by Crippen LogP contribution is 2.34. The molecule has 20 heavy (non-hydrogen) atoms. The zero-order valence-electron chi connectivity index (χ0n) is 11.8. The fourth-order valence-electron chi connectivity index (χ4n) is 1.98. The molecule has 0 fully saturated rings. The fourth-order valence-corrected chi connectivity index (χ4v) is 5.64. The van der Waals surface area contributed by atoms with Crippen molar-refractivity contribution in [3.63, 3.8) is 0 Å². The molecule has 3 nitrogen and oxygen atoms in total. The van der Waals surface area contributed by atoms with Gasteiger partial charge in [-0.15, -0.1) is 11.3 Å². The summed E-state index contributed by atoms with van der Waals surface area (Å²) in [5, 5.41) is 0. The maximum absolute atomic E-state index is 12.7. The van der Waals surface area contributed by atoms with E-state index in [0.29, 0.717) is 9.90 Å². The molecule has 0 aliphatic rings. The molecule has 6 heteroatoms. The molecule has 0 radical (unpaired) electrons. The number of hydrogen-bond donors (Lipinski definition) is 0. The predicted octanol–water partition coefficient (Wildman–Crippen LogP) is 4.26. The number of thiophene rings is 1. The van der Waals surface area contributed by atoms with Crippen molar-refractivity contribution in [2.24, 2.45) is 0 Å². The highest BCUT2D eigenvalue weighted by atomic mass is 79.9. The Hall–Kier alpha value is -0.850. The van der Waals surface area contributed by atoms with E-state index in [4.69, 9.17) is 0 Å². The van der Waals surface area contributed by atoms with E-state index in [1.807, 2.05) is 39.0 Å². The Bertz CT molecular complexity index is 731. The summed E-state index contributed by atoms with van der Waals surface area (Å²) in [6.45, 7) is 5.80.